The first-order chi connectivity index (χ1) is 13.2. The number of nitrogens with zero attached hydrogens (tertiary/aromatic N) is 1. The van der Waals surface area contributed by atoms with Crippen LogP contribution in [0.15, 0.2) is 60.8 Å². The van der Waals surface area contributed by atoms with E-state index < -0.39 is 0 Å². The molecule has 0 radical (unpaired) electrons. The van der Waals surface area contributed by atoms with Crippen LogP contribution in [0.2, 0.25) is 5.02 Å². The van der Waals surface area contributed by atoms with Gasteiger partial charge in [-0.1, -0.05) is 35.9 Å². The topological polar surface area (TPSA) is 43.4 Å². The summed E-state index contributed by atoms with van der Waals surface area (Å²) < 4.78 is 24.9. The molecule has 3 rings (SSSR count). The van der Waals surface area contributed by atoms with Gasteiger partial charge in [0.05, 0.1) is 17.8 Å². The van der Waals surface area contributed by atoms with E-state index in [9.17, 15) is 4.39 Å². The second-order valence-corrected chi connectivity index (χ2v) is 6.32. The molecule has 0 amide bonds. The van der Waals surface area contributed by atoms with Crippen LogP contribution in [0.3, 0.4) is 0 Å². The normalized spacial score (nSPS) is 10.2. The van der Waals surface area contributed by atoms with Gasteiger partial charge in [0.2, 0.25) is 0 Å². The molecule has 1 N–H and O–H groups in total. The predicted molar refractivity (Wildman–Crippen MR) is 111 cm³/mol. The summed E-state index contributed by atoms with van der Waals surface area (Å²) in [6.45, 7) is 1.31. The number of benzene rings is 2. The van der Waals surface area contributed by atoms with Crippen molar-refractivity contribution in [2.75, 3.05) is 7.11 Å². The molecule has 148 valence electrons. The van der Waals surface area contributed by atoms with Crippen molar-refractivity contribution in [2.24, 2.45) is 0 Å². The number of nitrogens with one attached hydrogen (secondary N) is 1. The average Bonchev–Trinajstić information content (AvgIpc) is 2.69. The highest BCUT2D eigenvalue weighted by Gasteiger charge is 2.13. The van der Waals surface area contributed by atoms with Crippen molar-refractivity contribution in [3.63, 3.8) is 0 Å². The molecule has 0 atom stereocenters. The largest absolute Gasteiger partial charge is 0.493 e. The summed E-state index contributed by atoms with van der Waals surface area (Å²) in [5, 5.41) is 3.73. The molecule has 0 bridgehead atoms. The van der Waals surface area contributed by atoms with Crippen molar-refractivity contribution in [3.05, 3.63) is 88.5 Å². The Morgan fingerprint density at radius 2 is 1.86 bits per heavy atom. The van der Waals surface area contributed by atoms with Gasteiger partial charge in [-0.2, -0.15) is 0 Å². The molecule has 0 spiro atoms. The van der Waals surface area contributed by atoms with Gasteiger partial charge in [-0.15, -0.1) is 12.4 Å². The second kappa shape index (κ2) is 10.9. The Hall–Kier alpha value is -2.34. The van der Waals surface area contributed by atoms with Gasteiger partial charge in [0.25, 0.3) is 0 Å². The van der Waals surface area contributed by atoms with Gasteiger partial charge in [0, 0.05) is 24.8 Å². The minimum atomic E-state index is -0.317. The predicted octanol–water partition coefficient (Wildman–Crippen LogP) is 5.17. The van der Waals surface area contributed by atoms with Crippen LogP contribution in [-0.2, 0) is 19.7 Å². The molecule has 2 aromatic carbocycles. The van der Waals surface area contributed by atoms with E-state index in [2.05, 4.69) is 10.3 Å². The fourth-order valence-corrected chi connectivity index (χ4v) is 2.91. The van der Waals surface area contributed by atoms with Crippen LogP contribution in [0.4, 0.5) is 4.39 Å². The first-order valence-electron chi connectivity index (χ1n) is 8.50. The summed E-state index contributed by atoms with van der Waals surface area (Å²) in [7, 11) is 1.55. The van der Waals surface area contributed by atoms with Crippen LogP contribution in [0.1, 0.15) is 16.8 Å². The standard InChI is InChI=1S/C21H20ClFN2O2.ClH/c1-26-20-11-15(12-24-13-17-7-4-5-9-25-17)10-18(22)21(20)27-14-16-6-2-3-8-19(16)23;/h2-11,24H,12-14H2,1H3;1H. The number of hydrogen-bond acceptors (Lipinski definition) is 4. The quantitative estimate of drug-likeness (QED) is 0.543. The molecule has 0 aliphatic carbocycles. The fraction of sp³-hybridized carbons (Fsp3) is 0.190. The maximum absolute atomic E-state index is 13.8. The summed E-state index contributed by atoms with van der Waals surface area (Å²) >= 11 is 6.38. The lowest BCUT2D eigenvalue weighted by molar-refractivity contribution is 0.279. The zero-order chi connectivity index (χ0) is 19.1. The second-order valence-electron chi connectivity index (χ2n) is 5.91. The Morgan fingerprint density at radius 1 is 1.07 bits per heavy atom. The number of hydrogen-bond donors (Lipinski definition) is 1. The van der Waals surface area contributed by atoms with Crippen LogP contribution in [0, 0.1) is 5.82 Å². The zero-order valence-electron chi connectivity index (χ0n) is 15.3. The smallest absolute Gasteiger partial charge is 0.180 e. The number of ether oxygens (including phenoxy) is 2. The maximum atomic E-state index is 13.8. The molecule has 7 heteroatoms. The molecule has 0 saturated heterocycles. The van der Waals surface area contributed by atoms with Crippen LogP contribution >= 0.6 is 24.0 Å². The van der Waals surface area contributed by atoms with Gasteiger partial charge >= 0.3 is 0 Å². The lowest BCUT2D eigenvalue weighted by Gasteiger charge is -2.15. The molecule has 1 aromatic heterocycles. The minimum Gasteiger partial charge on any atom is -0.493 e. The van der Waals surface area contributed by atoms with E-state index in [1.54, 1.807) is 31.5 Å². The van der Waals surface area contributed by atoms with Crippen molar-refractivity contribution in [1.82, 2.24) is 10.3 Å². The van der Waals surface area contributed by atoms with Gasteiger partial charge in [-0.05, 0) is 35.9 Å². The Labute approximate surface area is 175 Å². The number of methoxy groups -OCH3 is 1. The molecule has 0 unspecified atom stereocenters. The van der Waals surface area contributed by atoms with Gasteiger partial charge in [-0.25, -0.2) is 4.39 Å². The first kappa shape index (κ1) is 22.0. The third kappa shape index (κ3) is 5.83. The molecule has 0 saturated carbocycles. The first-order valence-corrected chi connectivity index (χ1v) is 8.88. The van der Waals surface area contributed by atoms with E-state index in [0.717, 1.165) is 11.3 Å². The highest BCUT2D eigenvalue weighted by Crippen LogP contribution is 2.37. The van der Waals surface area contributed by atoms with Crippen molar-refractivity contribution in [2.45, 2.75) is 19.7 Å². The fourth-order valence-electron chi connectivity index (χ4n) is 2.62. The number of rotatable bonds is 8. The van der Waals surface area contributed by atoms with E-state index >= 15 is 0 Å². The van der Waals surface area contributed by atoms with Crippen molar-refractivity contribution < 1.29 is 13.9 Å². The van der Waals surface area contributed by atoms with E-state index in [4.69, 9.17) is 21.1 Å². The summed E-state index contributed by atoms with van der Waals surface area (Å²) in [5.41, 5.74) is 2.36. The summed E-state index contributed by atoms with van der Waals surface area (Å²) in [6.07, 6.45) is 1.76. The van der Waals surface area contributed by atoms with E-state index in [0.29, 0.717) is 35.2 Å². The molecule has 1 heterocycles. The van der Waals surface area contributed by atoms with Gasteiger partial charge in [-0.3, -0.25) is 4.98 Å². The zero-order valence-corrected chi connectivity index (χ0v) is 16.9. The Morgan fingerprint density at radius 3 is 2.57 bits per heavy atom. The highest BCUT2D eigenvalue weighted by atomic mass is 35.5. The Bertz CT molecular complexity index is 895. The lowest BCUT2D eigenvalue weighted by Crippen LogP contribution is -2.13. The molecular weight excluding hydrogens is 402 g/mol. The molecule has 0 aliphatic heterocycles. The third-order valence-corrected chi connectivity index (χ3v) is 4.26. The van der Waals surface area contributed by atoms with Gasteiger partial charge in [0.15, 0.2) is 11.5 Å². The van der Waals surface area contributed by atoms with Crippen LogP contribution in [0.5, 0.6) is 11.5 Å². The van der Waals surface area contributed by atoms with Crippen LogP contribution < -0.4 is 14.8 Å². The SMILES string of the molecule is COc1cc(CNCc2ccccn2)cc(Cl)c1OCc1ccccc1F.Cl. The van der Waals surface area contributed by atoms with Crippen molar-refractivity contribution in [3.8, 4) is 11.5 Å². The van der Waals surface area contributed by atoms with Crippen molar-refractivity contribution in [1.29, 1.82) is 0 Å². The molecule has 3 aromatic rings. The number of pyridine rings is 1. The number of halogens is 3. The average molecular weight is 423 g/mol. The number of aromatic nitrogens is 1. The third-order valence-electron chi connectivity index (χ3n) is 3.98. The van der Waals surface area contributed by atoms with E-state index in [1.165, 1.54) is 6.07 Å². The van der Waals surface area contributed by atoms with Gasteiger partial charge < -0.3 is 14.8 Å². The highest BCUT2D eigenvalue weighted by molar-refractivity contribution is 6.32. The van der Waals surface area contributed by atoms with Crippen LogP contribution in [0.25, 0.3) is 0 Å². The monoisotopic (exact) mass is 422 g/mol. The molecule has 28 heavy (non-hydrogen) atoms. The van der Waals surface area contributed by atoms with Gasteiger partial charge in [0.1, 0.15) is 12.4 Å². The molecule has 0 aliphatic rings. The molecule has 0 fully saturated rings. The summed E-state index contributed by atoms with van der Waals surface area (Å²) in [4.78, 5) is 4.27. The maximum Gasteiger partial charge on any atom is 0.180 e. The molecular formula is C21H21Cl2FN2O2. The van der Waals surface area contributed by atoms with E-state index in [-0.39, 0.29) is 24.8 Å². The van der Waals surface area contributed by atoms with E-state index in [1.807, 2.05) is 30.3 Å². The summed E-state index contributed by atoms with van der Waals surface area (Å²) in [5.74, 6) is 0.590. The van der Waals surface area contributed by atoms with Crippen LogP contribution in [-0.4, -0.2) is 12.1 Å². The summed E-state index contributed by atoms with van der Waals surface area (Å²) in [6, 6.07) is 15.9. The van der Waals surface area contributed by atoms with Crippen molar-refractivity contribution >= 4 is 24.0 Å². The Balaban J connectivity index is 0.00000280. The lowest BCUT2D eigenvalue weighted by atomic mass is 10.2. The minimum absolute atomic E-state index is 0. The Kier molecular flexibility index (Phi) is 8.51. The molecule has 4 nitrogen and oxygen atoms in total.